The van der Waals surface area contributed by atoms with Gasteiger partial charge in [0.05, 0.1) is 17.2 Å². The van der Waals surface area contributed by atoms with Crippen LogP contribution < -0.4 is 0 Å². The average Bonchev–Trinajstić information content (AvgIpc) is 3.15. The van der Waals surface area contributed by atoms with Gasteiger partial charge in [-0.25, -0.2) is 4.79 Å². The molecule has 0 bridgehead atoms. The summed E-state index contributed by atoms with van der Waals surface area (Å²) in [5, 5.41) is 9.04. The van der Waals surface area contributed by atoms with E-state index < -0.39 is 5.97 Å². The molecule has 0 unspecified atom stereocenters. The van der Waals surface area contributed by atoms with E-state index in [9.17, 15) is 9.59 Å². The molecule has 0 aliphatic rings. The first-order chi connectivity index (χ1) is 12.2. The van der Waals surface area contributed by atoms with Gasteiger partial charge in [-0.3, -0.25) is 4.79 Å². The predicted octanol–water partition coefficient (Wildman–Crippen LogP) is 3.99. The van der Waals surface area contributed by atoms with Crippen molar-refractivity contribution in [2.45, 2.75) is 6.61 Å². The minimum atomic E-state index is -0.479. The molecule has 0 amide bonds. The number of carbonyl (C=O) groups is 2. The summed E-state index contributed by atoms with van der Waals surface area (Å²) < 4.78 is 10.6. The van der Waals surface area contributed by atoms with Gasteiger partial charge in [-0.05, 0) is 30.3 Å². The highest BCUT2D eigenvalue weighted by atomic mass is 16.5. The Morgan fingerprint density at radius 1 is 1.08 bits per heavy atom. The summed E-state index contributed by atoms with van der Waals surface area (Å²) in [7, 11) is 0. The number of aldehydes is 1. The topological polar surface area (TPSA) is 80.3 Å². The number of benzene rings is 2. The van der Waals surface area contributed by atoms with Crippen LogP contribution in [-0.2, 0) is 11.3 Å². The van der Waals surface area contributed by atoms with E-state index in [4.69, 9.17) is 14.4 Å². The largest absolute Gasteiger partial charge is 0.457 e. The minimum absolute atomic E-state index is 0.0329. The SMILES string of the molecule is N#Cc1ccccc1COC(=O)c1ccc(-c2ccc(C=O)o2)cc1. The Hall–Kier alpha value is -3.65. The van der Waals surface area contributed by atoms with E-state index in [1.807, 2.05) is 0 Å². The monoisotopic (exact) mass is 331 g/mol. The van der Waals surface area contributed by atoms with Gasteiger partial charge in [0, 0.05) is 11.1 Å². The number of rotatable bonds is 5. The summed E-state index contributed by atoms with van der Waals surface area (Å²) in [6, 6.07) is 19.0. The molecule has 0 radical (unpaired) electrons. The molecule has 0 atom stereocenters. The first-order valence-electron chi connectivity index (χ1n) is 7.52. The molecule has 5 nitrogen and oxygen atoms in total. The first-order valence-corrected chi connectivity index (χ1v) is 7.52. The van der Waals surface area contributed by atoms with Gasteiger partial charge in [0.15, 0.2) is 12.0 Å². The highest BCUT2D eigenvalue weighted by molar-refractivity contribution is 5.90. The maximum atomic E-state index is 12.1. The van der Waals surface area contributed by atoms with Crippen molar-refractivity contribution in [3.8, 4) is 17.4 Å². The van der Waals surface area contributed by atoms with Crippen molar-refractivity contribution in [1.29, 1.82) is 5.26 Å². The van der Waals surface area contributed by atoms with Crippen LogP contribution in [0.2, 0.25) is 0 Å². The molecule has 0 fully saturated rings. The van der Waals surface area contributed by atoms with Crippen LogP contribution in [0.25, 0.3) is 11.3 Å². The molecule has 2 aromatic carbocycles. The van der Waals surface area contributed by atoms with Crippen LogP contribution in [0.4, 0.5) is 0 Å². The number of hydrogen-bond acceptors (Lipinski definition) is 5. The summed E-state index contributed by atoms with van der Waals surface area (Å²) in [6.07, 6.45) is 0.633. The maximum absolute atomic E-state index is 12.1. The Labute approximate surface area is 144 Å². The standard InChI is InChI=1S/C20H13NO4/c21-11-16-3-1-2-4-17(16)13-24-20(23)15-7-5-14(6-8-15)19-10-9-18(12-22)25-19/h1-10,12H,13H2. The number of nitrogens with zero attached hydrogens (tertiary/aromatic N) is 1. The van der Waals surface area contributed by atoms with E-state index in [2.05, 4.69) is 6.07 Å². The number of esters is 1. The van der Waals surface area contributed by atoms with Crippen LogP contribution in [0.5, 0.6) is 0 Å². The molecule has 1 aromatic heterocycles. The van der Waals surface area contributed by atoms with Gasteiger partial charge < -0.3 is 9.15 Å². The smallest absolute Gasteiger partial charge is 0.338 e. The summed E-state index contributed by atoms with van der Waals surface area (Å²) in [4.78, 5) is 22.8. The van der Waals surface area contributed by atoms with Gasteiger partial charge in [-0.2, -0.15) is 5.26 Å². The van der Waals surface area contributed by atoms with E-state index in [1.165, 1.54) is 0 Å². The summed E-state index contributed by atoms with van der Waals surface area (Å²) in [6.45, 7) is 0.0329. The summed E-state index contributed by atoms with van der Waals surface area (Å²) in [5.41, 5.74) is 2.28. The zero-order valence-corrected chi connectivity index (χ0v) is 13.1. The van der Waals surface area contributed by atoms with E-state index >= 15 is 0 Å². The molecule has 0 spiro atoms. The fraction of sp³-hybridized carbons (Fsp3) is 0.0500. The number of nitriles is 1. The number of furan rings is 1. The van der Waals surface area contributed by atoms with Crippen molar-refractivity contribution >= 4 is 12.3 Å². The third-order valence-corrected chi connectivity index (χ3v) is 3.64. The second-order valence-corrected chi connectivity index (χ2v) is 5.24. The molecule has 0 saturated heterocycles. The van der Waals surface area contributed by atoms with Crippen LogP contribution in [0, 0.1) is 11.3 Å². The van der Waals surface area contributed by atoms with Gasteiger partial charge in [-0.15, -0.1) is 0 Å². The molecule has 3 rings (SSSR count). The highest BCUT2D eigenvalue weighted by Crippen LogP contribution is 2.22. The lowest BCUT2D eigenvalue weighted by molar-refractivity contribution is 0.0472. The molecule has 3 aromatic rings. The van der Waals surface area contributed by atoms with E-state index in [0.717, 1.165) is 5.56 Å². The van der Waals surface area contributed by atoms with Gasteiger partial charge >= 0.3 is 5.97 Å². The van der Waals surface area contributed by atoms with E-state index in [0.29, 0.717) is 28.7 Å². The Kier molecular flexibility index (Phi) is 4.72. The molecule has 0 aliphatic heterocycles. The lowest BCUT2D eigenvalue weighted by atomic mass is 10.1. The van der Waals surface area contributed by atoms with Crippen molar-refractivity contribution in [3.05, 3.63) is 83.1 Å². The van der Waals surface area contributed by atoms with Gasteiger partial charge in [-0.1, -0.05) is 30.3 Å². The Morgan fingerprint density at radius 3 is 2.52 bits per heavy atom. The molecule has 25 heavy (non-hydrogen) atoms. The fourth-order valence-electron chi connectivity index (χ4n) is 2.32. The molecule has 0 saturated carbocycles. The molecule has 0 aliphatic carbocycles. The Balaban J connectivity index is 1.68. The van der Waals surface area contributed by atoms with Crippen LogP contribution in [0.3, 0.4) is 0 Å². The van der Waals surface area contributed by atoms with Crippen molar-refractivity contribution < 1.29 is 18.7 Å². The zero-order valence-electron chi connectivity index (χ0n) is 13.1. The Bertz CT molecular complexity index is 948. The highest BCUT2D eigenvalue weighted by Gasteiger charge is 2.10. The molecule has 1 heterocycles. The summed E-state index contributed by atoms with van der Waals surface area (Å²) >= 11 is 0. The fourth-order valence-corrected chi connectivity index (χ4v) is 2.32. The first kappa shape index (κ1) is 16.2. The average molecular weight is 331 g/mol. The van der Waals surface area contributed by atoms with Crippen molar-refractivity contribution in [2.24, 2.45) is 0 Å². The van der Waals surface area contributed by atoms with Crippen molar-refractivity contribution in [1.82, 2.24) is 0 Å². The molecule has 0 N–H and O–H groups in total. The quantitative estimate of drug-likeness (QED) is 0.521. The normalized spacial score (nSPS) is 10.0. The van der Waals surface area contributed by atoms with Crippen molar-refractivity contribution in [2.75, 3.05) is 0 Å². The maximum Gasteiger partial charge on any atom is 0.338 e. The van der Waals surface area contributed by atoms with E-state index in [-0.39, 0.29) is 12.4 Å². The van der Waals surface area contributed by atoms with Crippen LogP contribution in [-0.4, -0.2) is 12.3 Å². The second kappa shape index (κ2) is 7.28. The Morgan fingerprint density at radius 2 is 1.84 bits per heavy atom. The zero-order chi connectivity index (χ0) is 17.6. The second-order valence-electron chi connectivity index (χ2n) is 5.24. The molecule has 5 heteroatoms. The number of ether oxygens (including phenoxy) is 1. The van der Waals surface area contributed by atoms with Gasteiger partial charge in [0.25, 0.3) is 0 Å². The molecular weight excluding hydrogens is 318 g/mol. The number of carbonyl (C=O) groups excluding carboxylic acids is 2. The van der Waals surface area contributed by atoms with Crippen LogP contribution in [0.15, 0.2) is 65.1 Å². The lowest BCUT2D eigenvalue weighted by Crippen LogP contribution is -2.06. The number of hydrogen-bond donors (Lipinski definition) is 0. The van der Waals surface area contributed by atoms with Crippen LogP contribution in [0.1, 0.15) is 32.0 Å². The third-order valence-electron chi connectivity index (χ3n) is 3.64. The van der Waals surface area contributed by atoms with Crippen LogP contribution >= 0.6 is 0 Å². The molecular formula is C20H13NO4. The van der Waals surface area contributed by atoms with Gasteiger partial charge in [0.1, 0.15) is 12.4 Å². The predicted molar refractivity (Wildman–Crippen MR) is 89.8 cm³/mol. The lowest BCUT2D eigenvalue weighted by Gasteiger charge is -2.07. The van der Waals surface area contributed by atoms with E-state index in [1.54, 1.807) is 60.7 Å². The van der Waals surface area contributed by atoms with Gasteiger partial charge in [0.2, 0.25) is 0 Å². The van der Waals surface area contributed by atoms with Crippen molar-refractivity contribution in [3.63, 3.8) is 0 Å². The third kappa shape index (κ3) is 3.65. The summed E-state index contributed by atoms with van der Waals surface area (Å²) in [5.74, 6) is 0.312. The minimum Gasteiger partial charge on any atom is -0.457 e. The molecule has 122 valence electrons.